The van der Waals surface area contributed by atoms with Crippen molar-refractivity contribution in [3.05, 3.63) is 205 Å². The summed E-state index contributed by atoms with van der Waals surface area (Å²) in [5, 5.41) is 7.61. The molecule has 0 aliphatic heterocycles. The predicted octanol–water partition coefficient (Wildman–Crippen LogP) is 14.7. The lowest BCUT2D eigenvalue weighted by Crippen LogP contribution is -2.14. The van der Waals surface area contributed by atoms with Gasteiger partial charge in [-0.15, -0.1) is 0 Å². The zero-order valence-corrected chi connectivity index (χ0v) is 31.9. The van der Waals surface area contributed by atoms with Gasteiger partial charge in [-0.1, -0.05) is 153 Å². The molecule has 12 rings (SSSR count). The van der Waals surface area contributed by atoms with E-state index < -0.39 is 0 Å². The molecule has 0 saturated heterocycles. The third-order valence-corrected chi connectivity index (χ3v) is 12.7. The average molecular weight is 727 g/mol. The van der Waals surface area contributed by atoms with Crippen molar-refractivity contribution in [3.63, 3.8) is 0 Å². The summed E-state index contributed by atoms with van der Waals surface area (Å²) in [5.74, 6) is 0. The highest BCUT2D eigenvalue weighted by Gasteiger charge is 2.37. The molecule has 57 heavy (non-hydrogen) atoms. The highest BCUT2D eigenvalue weighted by Crippen LogP contribution is 2.53. The second kappa shape index (κ2) is 11.9. The topological polar surface area (TPSA) is 9.86 Å². The zero-order valence-electron chi connectivity index (χ0n) is 31.9. The lowest BCUT2D eigenvalue weighted by Gasteiger charge is -2.21. The molecule has 2 aromatic heterocycles. The summed E-state index contributed by atoms with van der Waals surface area (Å²) in [6.45, 7) is 4.75. The number of fused-ring (bicyclic) bond motifs is 11. The molecule has 268 valence electrons. The minimum atomic E-state index is -0.0945. The maximum atomic E-state index is 2.48. The molecule has 1 aliphatic rings. The quantitative estimate of drug-likeness (QED) is 0.171. The van der Waals surface area contributed by atoms with Crippen LogP contribution in [0.15, 0.2) is 194 Å². The second-order valence-electron chi connectivity index (χ2n) is 16.1. The van der Waals surface area contributed by atoms with Crippen LogP contribution in [0.5, 0.6) is 0 Å². The van der Waals surface area contributed by atoms with Gasteiger partial charge >= 0.3 is 0 Å². The molecule has 0 unspecified atom stereocenters. The molecule has 0 atom stereocenters. The summed E-state index contributed by atoms with van der Waals surface area (Å²) in [6, 6.07) is 71.8. The molecule has 2 heteroatoms. The normalized spacial score (nSPS) is 13.2. The lowest BCUT2D eigenvalue weighted by molar-refractivity contribution is 0.661. The van der Waals surface area contributed by atoms with Gasteiger partial charge in [-0.3, -0.25) is 0 Å². The number of hydrogen-bond donors (Lipinski definition) is 0. The van der Waals surface area contributed by atoms with E-state index in [2.05, 4.69) is 217 Å². The number of benzene rings is 9. The van der Waals surface area contributed by atoms with Gasteiger partial charge in [0.1, 0.15) is 0 Å². The van der Waals surface area contributed by atoms with Gasteiger partial charge in [0, 0.05) is 38.0 Å². The molecule has 0 fully saturated rings. The number of hydrogen-bond acceptors (Lipinski definition) is 0. The van der Waals surface area contributed by atoms with Gasteiger partial charge in [0.05, 0.1) is 27.8 Å². The van der Waals surface area contributed by atoms with Crippen LogP contribution in [0.1, 0.15) is 25.0 Å². The molecule has 0 spiro atoms. The van der Waals surface area contributed by atoms with E-state index in [1.54, 1.807) is 0 Å². The maximum absolute atomic E-state index is 2.48. The fourth-order valence-electron chi connectivity index (χ4n) is 10.0. The number of aromatic nitrogens is 2. The molecule has 0 bridgehead atoms. The van der Waals surface area contributed by atoms with E-state index in [-0.39, 0.29) is 5.41 Å². The van der Waals surface area contributed by atoms with E-state index >= 15 is 0 Å². The predicted molar refractivity (Wildman–Crippen MR) is 241 cm³/mol. The molecule has 2 nitrogen and oxygen atoms in total. The number of para-hydroxylation sites is 1. The van der Waals surface area contributed by atoms with E-state index in [9.17, 15) is 0 Å². The van der Waals surface area contributed by atoms with Crippen LogP contribution in [0.3, 0.4) is 0 Å². The first-order valence-corrected chi connectivity index (χ1v) is 19.9. The fraction of sp³-hybridized carbons (Fsp3) is 0.0545. The molecule has 0 saturated carbocycles. The number of rotatable bonds is 4. The summed E-state index contributed by atoms with van der Waals surface area (Å²) >= 11 is 0. The molecular formula is C55H38N2. The van der Waals surface area contributed by atoms with Crippen molar-refractivity contribution in [1.82, 2.24) is 9.13 Å². The second-order valence-corrected chi connectivity index (χ2v) is 16.1. The van der Waals surface area contributed by atoms with Crippen LogP contribution < -0.4 is 0 Å². The maximum Gasteiger partial charge on any atom is 0.0547 e. The first-order valence-electron chi connectivity index (χ1n) is 19.9. The molecule has 1 aliphatic carbocycles. The highest BCUT2D eigenvalue weighted by molar-refractivity contribution is 6.19. The van der Waals surface area contributed by atoms with E-state index in [0.29, 0.717) is 0 Å². The summed E-state index contributed by atoms with van der Waals surface area (Å²) < 4.78 is 4.93. The van der Waals surface area contributed by atoms with Crippen LogP contribution in [0, 0.1) is 0 Å². The third-order valence-electron chi connectivity index (χ3n) is 12.7. The van der Waals surface area contributed by atoms with Gasteiger partial charge in [0.15, 0.2) is 0 Å². The van der Waals surface area contributed by atoms with E-state index in [4.69, 9.17) is 0 Å². The van der Waals surface area contributed by atoms with Crippen LogP contribution in [0.2, 0.25) is 0 Å². The van der Waals surface area contributed by atoms with Crippen LogP contribution in [-0.2, 0) is 5.41 Å². The molecule has 9 aromatic carbocycles. The Balaban J connectivity index is 1.12. The van der Waals surface area contributed by atoms with Crippen LogP contribution in [-0.4, -0.2) is 9.13 Å². The summed E-state index contributed by atoms with van der Waals surface area (Å²) in [5.41, 5.74) is 17.5. The Bertz CT molecular complexity index is 3420. The fourth-order valence-corrected chi connectivity index (χ4v) is 10.0. The molecule has 11 aromatic rings. The monoisotopic (exact) mass is 726 g/mol. The molecule has 0 radical (unpaired) electrons. The SMILES string of the molecule is CC1(C)c2ccccc2-c2c1ccc1c2c2cc(-c3ccc4c(c3)c3ccccc3n4-c3cccc4ccccc34)ccc2n1-c1cccc(-c2ccccc2)c1. The zero-order chi connectivity index (χ0) is 37.8. The lowest BCUT2D eigenvalue weighted by atomic mass is 9.82. The Morgan fingerprint density at radius 1 is 0.368 bits per heavy atom. The van der Waals surface area contributed by atoms with Crippen LogP contribution in [0.4, 0.5) is 0 Å². The molecule has 2 heterocycles. The van der Waals surface area contributed by atoms with Crippen LogP contribution in [0.25, 0.3) is 99.1 Å². The van der Waals surface area contributed by atoms with Gasteiger partial charge in [0.25, 0.3) is 0 Å². The molecular weight excluding hydrogens is 689 g/mol. The molecule has 0 amide bonds. The van der Waals surface area contributed by atoms with Crippen molar-refractivity contribution in [2.24, 2.45) is 0 Å². The van der Waals surface area contributed by atoms with Crippen molar-refractivity contribution < 1.29 is 0 Å². The Morgan fingerprint density at radius 3 is 1.84 bits per heavy atom. The Labute approximate surface area is 331 Å². The van der Waals surface area contributed by atoms with Crippen molar-refractivity contribution in [1.29, 1.82) is 0 Å². The van der Waals surface area contributed by atoms with Crippen LogP contribution >= 0.6 is 0 Å². The summed E-state index contributed by atoms with van der Waals surface area (Å²) in [7, 11) is 0. The Kier molecular flexibility index (Phi) is 6.72. The summed E-state index contributed by atoms with van der Waals surface area (Å²) in [6.07, 6.45) is 0. The standard InChI is InChI=1S/C55H38N2/c1-55(2)46-23-10-8-22-43(46)53-47(55)28-31-52-54(53)45-34-39(27-30-51(45)56(52)40-19-12-18-37(32-40)35-14-4-3-5-15-35)38-26-29-50-44(33-38)42-21-9-11-24-49(42)57(50)48-25-13-17-36-16-6-7-20-41(36)48/h3-34H,1-2H3. The third kappa shape index (κ3) is 4.59. The first kappa shape index (κ1) is 32.1. The van der Waals surface area contributed by atoms with Crippen molar-refractivity contribution in [2.75, 3.05) is 0 Å². The minimum absolute atomic E-state index is 0.0945. The smallest absolute Gasteiger partial charge is 0.0547 e. The van der Waals surface area contributed by atoms with E-state index in [0.717, 1.165) is 5.69 Å². The van der Waals surface area contributed by atoms with E-state index in [1.807, 2.05) is 0 Å². The van der Waals surface area contributed by atoms with Gasteiger partial charge in [0.2, 0.25) is 0 Å². The van der Waals surface area contributed by atoms with E-state index in [1.165, 1.54) is 105 Å². The average Bonchev–Trinajstić information content (AvgIpc) is 3.86. The number of nitrogens with zero attached hydrogens (tertiary/aromatic N) is 2. The van der Waals surface area contributed by atoms with Crippen molar-refractivity contribution >= 4 is 54.4 Å². The Morgan fingerprint density at radius 2 is 0.982 bits per heavy atom. The minimum Gasteiger partial charge on any atom is -0.309 e. The Hall–Kier alpha value is -7.16. The van der Waals surface area contributed by atoms with Gasteiger partial charge in [-0.2, -0.15) is 0 Å². The highest BCUT2D eigenvalue weighted by atomic mass is 15.0. The van der Waals surface area contributed by atoms with Gasteiger partial charge in [-0.05, 0) is 104 Å². The summed E-state index contributed by atoms with van der Waals surface area (Å²) in [4.78, 5) is 0. The van der Waals surface area contributed by atoms with Crippen molar-refractivity contribution in [3.8, 4) is 44.8 Å². The molecule has 0 N–H and O–H groups in total. The first-order chi connectivity index (χ1) is 28.0. The van der Waals surface area contributed by atoms with Gasteiger partial charge < -0.3 is 9.13 Å². The largest absolute Gasteiger partial charge is 0.309 e. The van der Waals surface area contributed by atoms with Crippen molar-refractivity contribution in [2.45, 2.75) is 19.3 Å². The van der Waals surface area contributed by atoms with Gasteiger partial charge in [-0.25, -0.2) is 0 Å².